The van der Waals surface area contributed by atoms with E-state index in [1.807, 2.05) is 0 Å². The molecule has 2 aromatic rings. The van der Waals surface area contributed by atoms with E-state index in [9.17, 15) is 0 Å². The van der Waals surface area contributed by atoms with Gasteiger partial charge < -0.3 is 0 Å². The fraction of sp³-hybridized carbons (Fsp3) is 0.600. The van der Waals surface area contributed by atoms with Gasteiger partial charge in [0.05, 0.1) is 0 Å². The van der Waals surface area contributed by atoms with Crippen LogP contribution < -0.4 is 0 Å². The molecule has 0 radical (unpaired) electrons. The first-order chi connectivity index (χ1) is 20.0. The summed E-state index contributed by atoms with van der Waals surface area (Å²) in [5, 5.41) is 11.9. The molecule has 0 aromatic heterocycles. The van der Waals surface area contributed by atoms with Crippen LogP contribution in [0.15, 0.2) is 35.4 Å². The van der Waals surface area contributed by atoms with E-state index in [2.05, 4.69) is 127 Å². The molecule has 0 N–H and O–H groups in total. The number of benzene rings is 2. The molecule has 0 amide bonds. The standard InChI is InChI=1S/2C16H21.C4H8Si.4CH3.2Ti/c2*1-10(2)13-8-14-6-12(5)7-16(14)15(9-13)11(3)4;1-2-4-5-3-1;;;;;;/h2*6-11H,1-5H3;1-4H2;4*1H3;;. The van der Waals surface area contributed by atoms with Crippen LogP contribution >= 0.6 is 0 Å². The third-order valence-corrected chi connectivity index (χ3v) is 82.1. The molecule has 3 aliphatic rings. The van der Waals surface area contributed by atoms with Crippen LogP contribution in [0.1, 0.15) is 159 Å². The molecule has 5 rings (SSSR count). The SMILES string of the molecule is CC1=Cc2c(C(C)C)cc(C(C)C)cc2[CH]1[Ti]([CH3])([CH3])[Si]1([Ti]([CH3])([CH3])[CH]2C(C)=Cc3c(C(C)C)cc(C(C)C)cc32)CCCC1. The van der Waals surface area contributed by atoms with Gasteiger partial charge in [-0.25, -0.2) is 0 Å². The Kier molecular flexibility index (Phi) is 9.45. The summed E-state index contributed by atoms with van der Waals surface area (Å²) in [5.74, 6) is 2.32. The third-order valence-electron chi connectivity index (χ3n) is 12.8. The Morgan fingerprint density at radius 2 is 0.907 bits per heavy atom. The number of hydrogen-bond donors (Lipinski definition) is 0. The summed E-state index contributed by atoms with van der Waals surface area (Å²) in [5.41, 5.74) is 16.6. The average molecular weight is 667 g/mol. The van der Waals surface area contributed by atoms with Crippen LogP contribution in [0.2, 0.25) is 33.0 Å². The van der Waals surface area contributed by atoms with Gasteiger partial charge >= 0.3 is 275 Å². The Morgan fingerprint density at radius 3 is 1.21 bits per heavy atom. The fourth-order valence-corrected chi connectivity index (χ4v) is 94.0. The van der Waals surface area contributed by atoms with Gasteiger partial charge in [0.1, 0.15) is 0 Å². The summed E-state index contributed by atoms with van der Waals surface area (Å²) >= 11 is -4.87. The summed E-state index contributed by atoms with van der Waals surface area (Å²) in [6.07, 6.45) is 8.35. The first-order valence-electron chi connectivity index (χ1n) is 17.7. The van der Waals surface area contributed by atoms with E-state index < -0.39 is 35.5 Å². The van der Waals surface area contributed by atoms with Crippen LogP contribution in [-0.4, -0.2) is 3.81 Å². The van der Waals surface area contributed by atoms with Gasteiger partial charge in [0.2, 0.25) is 0 Å². The van der Waals surface area contributed by atoms with E-state index in [1.54, 1.807) is 67.7 Å². The molecule has 1 saturated heterocycles. The monoisotopic (exact) mass is 666 g/mol. The summed E-state index contributed by atoms with van der Waals surface area (Å²) < 4.78 is -0.0246. The van der Waals surface area contributed by atoms with Crippen LogP contribution in [0.5, 0.6) is 0 Å². The fourth-order valence-electron chi connectivity index (χ4n) is 10.6. The first kappa shape index (κ1) is 33.9. The summed E-state index contributed by atoms with van der Waals surface area (Å²) in [6, 6.07) is 13.8. The Bertz CT molecular complexity index is 1350. The third kappa shape index (κ3) is 5.32. The van der Waals surface area contributed by atoms with Crippen molar-refractivity contribution in [3.63, 3.8) is 0 Å². The van der Waals surface area contributed by atoms with E-state index in [4.69, 9.17) is 0 Å². The molecular formula is C40H62SiTi2. The van der Waals surface area contributed by atoms with Gasteiger partial charge in [-0.05, 0) is 0 Å². The first-order valence-corrected chi connectivity index (χ1v) is 32.8. The molecule has 1 fully saturated rings. The van der Waals surface area contributed by atoms with Gasteiger partial charge in [-0.2, -0.15) is 0 Å². The average Bonchev–Trinajstić information content (AvgIpc) is 3.62. The van der Waals surface area contributed by atoms with E-state index in [-0.39, 0.29) is 0 Å². The Labute approximate surface area is 272 Å². The molecule has 0 spiro atoms. The van der Waals surface area contributed by atoms with Crippen LogP contribution in [0, 0.1) is 0 Å². The topological polar surface area (TPSA) is 0 Å². The predicted octanol–water partition coefficient (Wildman–Crippen LogP) is 13.5. The number of rotatable bonds is 8. The second-order valence-electron chi connectivity index (χ2n) is 17.2. The Hall–Kier alpha value is -0.435. The molecule has 2 atom stereocenters. The minimum atomic E-state index is -2.43. The molecule has 0 bridgehead atoms. The second-order valence-corrected chi connectivity index (χ2v) is 56.2. The zero-order chi connectivity index (χ0) is 31.8. The molecule has 2 aliphatic carbocycles. The molecule has 1 aliphatic heterocycles. The summed E-state index contributed by atoms with van der Waals surface area (Å²) in [6.45, 7) is 24.3. The maximum absolute atomic E-state index is 2.97. The van der Waals surface area contributed by atoms with Crippen molar-refractivity contribution in [2.75, 3.05) is 0 Å². The van der Waals surface area contributed by atoms with Gasteiger partial charge in [-0.3, -0.25) is 0 Å². The van der Waals surface area contributed by atoms with Gasteiger partial charge in [-0.1, -0.05) is 0 Å². The molecule has 3 heteroatoms. The number of allylic oxidation sites excluding steroid dienone is 2. The van der Waals surface area contributed by atoms with Crippen molar-refractivity contribution >= 4 is 16.0 Å². The molecule has 234 valence electrons. The number of fused-ring (bicyclic) bond motifs is 2. The summed E-state index contributed by atoms with van der Waals surface area (Å²) in [7, 11) is 0. The van der Waals surface area contributed by atoms with Crippen molar-refractivity contribution in [1.29, 1.82) is 0 Å². The summed E-state index contributed by atoms with van der Waals surface area (Å²) in [4.78, 5) is 0. The molecule has 43 heavy (non-hydrogen) atoms. The van der Waals surface area contributed by atoms with Crippen molar-refractivity contribution in [1.82, 2.24) is 0 Å². The van der Waals surface area contributed by atoms with Gasteiger partial charge in [-0.15, -0.1) is 0 Å². The van der Waals surface area contributed by atoms with Gasteiger partial charge in [0.15, 0.2) is 0 Å². The van der Waals surface area contributed by atoms with E-state index in [0.717, 1.165) is 8.45 Å². The minimum absolute atomic E-state index is 0.575. The zero-order valence-electron chi connectivity index (χ0n) is 30.3. The molecule has 0 nitrogen and oxygen atoms in total. The van der Waals surface area contributed by atoms with E-state index in [0.29, 0.717) is 23.7 Å². The van der Waals surface area contributed by atoms with E-state index in [1.165, 1.54) is 12.8 Å². The van der Waals surface area contributed by atoms with Crippen LogP contribution in [0.3, 0.4) is 0 Å². The quantitative estimate of drug-likeness (QED) is 0.246. The van der Waals surface area contributed by atoms with Crippen molar-refractivity contribution in [3.05, 3.63) is 79.9 Å². The normalized spacial score (nSPS) is 21.7. The van der Waals surface area contributed by atoms with Crippen molar-refractivity contribution in [2.45, 2.75) is 147 Å². The van der Waals surface area contributed by atoms with Crippen molar-refractivity contribution in [2.24, 2.45) is 0 Å². The Morgan fingerprint density at radius 1 is 0.558 bits per heavy atom. The van der Waals surface area contributed by atoms with E-state index >= 15 is 0 Å². The zero-order valence-corrected chi connectivity index (χ0v) is 34.4. The van der Waals surface area contributed by atoms with Gasteiger partial charge in [0.25, 0.3) is 0 Å². The van der Waals surface area contributed by atoms with Crippen molar-refractivity contribution in [3.8, 4) is 0 Å². The predicted molar refractivity (Wildman–Crippen MR) is 190 cm³/mol. The van der Waals surface area contributed by atoms with Crippen LogP contribution in [-0.2, 0) is 31.7 Å². The molecule has 2 aromatic carbocycles. The van der Waals surface area contributed by atoms with Crippen LogP contribution in [0.4, 0.5) is 0 Å². The molecule has 1 heterocycles. The van der Waals surface area contributed by atoms with Gasteiger partial charge in [0, 0.05) is 0 Å². The maximum atomic E-state index is 2.97. The second kappa shape index (κ2) is 12.0. The van der Waals surface area contributed by atoms with Crippen LogP contribution in [0.25, 0.3) is 12.2 Å². The molecule has 2 unspecified atom stereocenters. The molecule has 0 saturated carbocycles. The number of hydrogen-bond acceptors (Lipinski definition) is 0. The molecular weight excluding hydrogens is 604 g/mol. The Balaban J connectivity index is 1.70. The van der Waals surface area contributed by atoms with Crippen molar-refractivity contribution < 1.29 is 31.7 Å².